The van der Waals surface area contributed by atoms with Gasteiger partial charge in [-0.3, -0.25) is 4.90 Å². The van der Waals surface area contributed by atoms with Crippen molar-refractivity contribution in [3.63, 3.8) is 0 Å². The van der Waals surface area contributed by atoms with Crippen LogP contribution in [0.2, 0.25) is 0 Å². The summed E-state index contributed by atoms with van der Waals surface area (Å²) in [4.78, 5) is 16.4. The first kappa shape index (κ1) is 38.9. The molecule has 2 aliphatic rings. The van der Waals surface area contributed by atoms with E-state index in [1.54, 1.807) is 13.0 Å². The Hall–Kier alpha value is -3.07. The van der Waals surface area contributed by atoms with Crippen molar-refractivity contribution < 1.29 is 14.3 Å². The molecule has 0 bridgehead atoms. The molecule has 0 spiro atoms. The summed E-state index contributed by atoms with van der Waals surface area (Å²) in [5, 5.41) is 0. The van der Waals surface area contributed by atoms with E-state index in [4.69, 9.17) is 9.47 Å². The van der Waals surface area contributed by atoms with Gasteiger partial charge >= 0.3 is 5.97 Å². The van der Waals surface area contributed by atoms with Crippen LogP contribution in [-0.4, -0.2) is 56.9 Å². The fourth-order valence-electron chi connectivity index (χ4n) is 4.27. The van der Waals surface area contributed by atoms with E-state index in [-0.39, 0.29) is 5.97 Å². The van der Waals surface area contributed by atoms with Crippen LogP contribution in [0.25, 0.3) is 6.08 Å². The number of fused-ring (bicyclic) bond motifs is 1. The zero-order valence-corrected chi connectivity index (χ0v) is 28.2. The summed E-state index contributed by atoms with van der Waals surface area (Å²) < 4.78 is 10.4. The van der Waals surface area contributed by atoms with Gasteiger partial charge in [0.1, 0.15) is 0 Å². The molecule has 2 aromatic rings. The van der Waals surface area contributed by atoms with E-state index in [9.17, 15) is 4.79 Å². The van der Waals surface area contributed by atoms with E-state index < -0.39 is 0 Å². The summed E-state index contributed by atoms with van der Waals surface area (Å²) in [6.07, 6.45) is 9.03. The van der Waals surface area contributed by atoms with Crippen molar-refractivity contribution in [1.82, 2.24) is 4.90 Å². The molecule has 2 heterocycles. The number of esters is 1. The lowest BCUT2D eigenvalue weighted by molar-refractivity contribution is -0.137. The number of terminal acetylenes is 1. The van der Waals surface area contributed by atoms with E-state index in [0.717, 1.165) is 51.4 Å². The molecular weight excluding hydrogens is 520 g/mol. The van der Waals surface area contributed by atoms with Gasteiger partial charge in [0.25, 0.3) is 0 Å². The highest BCUT2D eigenvalue weighted by Gasteiger charge is 2.29. The molecule has 1 atom stereocenters. The Balaban J connectivity index is 0.00000121. The van der Waals surface area contributed by atoms with Gasteiger partial charge in [-0.15, -0.1) is 12.3 Å². The molecule has 0 radical (unpaired) electrons. The lowest BCUT2D eigenvalue weighted by atomic mass is 9.98. The molecule has 1 unspecified atom stereocenters. The van der Waals surface area contributed by atoms with Crippen LogP contribution in [0.3, 0.4) is 0 Å². The molecular formula is C37H58N2O3. The van der Waals surface area contributed by atoms with E-state index in [2.05, 4.69) is 98.4 Å². The Labute approximate surface area is 258 Å². The molecule has 2 aliphatic heterocycles. The maximum absolute atomic E-state index is 11.5. The summed E-state index contributed by atoms with van der Waals surface area (Å²) in [6.45, 7) is 26.5. The van der Waals surface area contributed by atoms with Crippen molar-refractivity contribution >= 4 is 23.4 Å². The number of benzene rings is 2. The first-order valence-electron chi connectivity index (χ1n) is 15.6. The number of carbonyl (C=O) groups is 1. The lowest BCUT2D eigenvalue weighted by Crippen LogP contribution is -2.37. The summed E-state index contributed by atoms with van der Waals surface area (Å²) in [7, 11) is 0. The summed E-state index contributed by atoms with van der Waals surface area (Å²) >= 11 is 0. The Morgan fingerprint density at radius 3 is 2.12 bits per heavy atom. The molecule has 2 aromatic carbocycles. The van der Waals surface area contributed by atoms with Crippen LogP contribution in [0.5, 0.6) is 0 Å². The van der Waals surface area contributed by atoms with Gasteiger partial charge in [0.05, 0.1) is 19.8 Å². The van der Waals surface area contributed by atoms with Gasteiger partial charge in [-0.1, -0.05) is 85.7 Å². The average Bonchev–Trinajstić information content (AvgIpc) is 3.36. The number of rotatable bonds is 7. The highest BCUT2D eigenvalue weighted by atomic mass is 16.5. The largest absolute Gasteiger partial charge is 0.463 e. The predicted molar refractivity (Wildman–Crippen MR) is 183 cm³/mol. The maximum Gasteiger partial charge on any atom is 0.330 e. The third kappa shape index (κ3) is 15.8. The van der Waals surface area contributed by atoms with E-state index in [0.29, 0.717) is 17.9 Å². The fourth-order valence-corrected chi connectivity index (χ4v) is 4.27. The minimum Gasteiger partial charge on any atom is -0.463 e. The Morgan fingerprint density at radius 2 is 1.57 bits per heavy atom. The van der Waals surface area contributed by atoms with Gasteiger partial charge in [-0.05, 0) is 67.6 Å². The van der Waals surface area contributed by atoms with Gasteiger partial charge in [-0.2, -0.15) is 0 Å². The van der Waals surface area contributed by atoms with Crippen LogP contribution in [0.1, 0.15) is 92.7 Å². The summed E-state index contributed by atoms with van der Waals surface area (Å²) in [6, 6.07) is 17.1. The second-order valence-corrected chi connectivity index (χ2v) is 11.1. The SMILES string of the molecule is C#CC.CC.CC.CC(C)(C)C.CCOC(=O)/C=C/c1ccc(N2CC(CCN3CCOCC3)c3ccccc32)cc1. The molecule has 0 aliphatic carbocycles. The highest BCUT2D eigenvalue weighted by molar-refractivity contribution is 5.87. The van der Waals surface area contributed by atoms with Crippen LogP contribution in [0, 0.1) is 17.8 Å². The second-order valence-electron chi connectivity index (χ2n) is 11.1. The molecule has 1 saturated heterocycles. The number of anilines is 2. The van der Waals surface area contributed by atoms with Crippen LogP contribution < -0.4 is 4.90 Å². The molecule has 0 aromatic heterocycles. The second kappa shape index (κ2) is 22.5. The van der Waals surface area contributed by atoms with E-state index in [1.165, 1.54) is 23.0 Å². The van der Waals surface area contributed by atoms with Crippen molar-refractivity contribution in [2.45, 2.75) is 81.6 Å². The normalized spacial score (nSPS) is 15.6. The number of nitrogens with zero attached hydrogens (tertiary/aromatic N) is 2. The molecule has 5 heteroatoms. The van der Waals surface area contributed by atoms with Gasteiger partial charge in [-0.25, -0.2) is 4.79 Å². The smallest absolute Gasteiger partial charge is 0.330 e. The first-order valence-corrected chi connectivity index (χ1v) is 15.6. The molecule has 0 N–H and O–H groups in total. The quantitative estimate of drug-likeness (QED) is 0.186. The number of para-hydroxylation sites is 1. The fraction of sp³-hybridized carbons (Fsp3) is 0.541. The molecule has 5 nitrogen and oxygen atoms in total. The van der Waals surface area contributed by atoms with E-state index >= 15 is 0 Å². The number of carbonyl (C=O) groups excluding carboxylic acids is 1. The molecule has 0 amide bonds. The van der Waals surface area contributed by atoms with Crippen molar-refractivity contribution in [3.05, 3.63) is 65.7 Å². The summed E-state index contributed by atoms with van der Waals surface area (Å²) in [5.74, 6) is 2.48. The van der Waals surface area contributed by atoms with Crippen molar-refractivity contribution in [1.29, 1.82) is 0 Å². The van der Waals surface area contributed by atoms with Crippen molar-refractivity contribution in [3.8, 4) is 12.3 Å². The molecule has 42 heavy (non-hydrogen) atoms. The monoisotopic (exact) mass is 578 g/mol. The average molecular weight is 579 g/mol. The van der Waals surface area contributed by atoms with Crippen LogP contribution in [0.4, 0.5) is 11.4 Å². The minimum atomic E-state index is -0.307. The van der Waals surface area contributed by atoms with Crippen molar-refractivity contribution in [2.75, 3.05) is 50.9 Å². The third-order valence-corrected chi connectivity index (χ3v) is 5.87. The summed E-state index contributed by atoms with van der Waals surface area (Å²) in [5.41, 5.74) is 5.42. The number of hydrogen-bond donors (Lipinski definition) is 0. The molecule has 234 valence electrons. The maximum atomic E-state index is 11.5. The number of morpholine rings is 1. The van der Waals surface area contributed by atoms with E-state index in [1.807, 2.05) is 34.6 Å². The lowest BCUT2D eigenvalue weighted by Gasteiger charge is -2.27. The first-order chi connectivity index (χ1) is 20.2. The zero-order chi connectivity index (χ0) is 32.0. The highest BCUT2D eigenvalue weighted by Crippen LogP contribution is 2.42. The zero-order valence-electron chi connectivity index (χ0n) is 28.2. The van der Waals surface area contributed by atoms with Gasteiger partial charge in [0.2, 0.25) is 0 Å². The molecule has 1 fully saturated rings. The topological polar surface area (TPSA) is 42.0 Å². The Kier molecular flexibility index (Phi) is 20.9. The Bertz CT molecular complexity index is 1040. The number of hydrogen-bond acceptors (Lipinski definition) is 5. The predicted octanol–water partition coefficient (Wildman–Crippen LogP) is 8.96. The number of ether oxygens (including phenoxy) is 2. The molecule has 4 rings (SSSR count). The molecule has 0 saturated carbocycles. The Morgan fingerprint density at radius 1 is 1.02 bits per heavy atom. The van der Waals surface area contributed by atoms with Gasteiger partial charge in [0, 0.05) is 43.0 Å². The third-order valence-electron chi connectivity index (χ3n) is 5.87. The minimum absolute atomic E-state index is 0.307. The van der Waals surface area contributed by atoms with Gasteiger partial charge < -0.3 is 14.4 Å². The van der Waals surface area contributed by atoms with Crippen LogP contribution in [0.15, 0.2) is 54.6 Å². The van der Waals surface area contributed by atoms with Gasteiger partial charge in [0.15, 0.2) is 0 Å². The van der Waals surface area contributed by atoms with Crippen LogP contribution in [-0.2, 0) is 14.3 Å². The standard InChI is InChI=1S/C25H30N2O3.C5H12.C3H4.2C2H6/c1-2-30-25(28)12-9-20-7-10-22(11-8-20)27-19-21(23-5-3-4-6-24(23)27)13-14-26-15-17-29-18-16-26;1-5(2,3)4;1-3-2;2*1-2/h3-12,21H,2,13-19H2,1H3;1-4H3;1H,2H3;2*1-2H3/b12-9+;;;;. The van der Waals surface area contributed by atoms with Crippen LogP contribution >= 0.6 is 0 Å². The van der Waals surface area contributed by atoms with Crippen molar-refractivity contribution in [2.24, 2.45) is 5.41 Å².